The lowest BCUT2D eigenvalue weighted by Gasteiger charge is -2.19. The van der Waals surface area contributed by atoms with Gasteiger partial charge in [-0.3, -0.25) is 0 Å². The molecule has 3 N–H and O–H groups in total. The number of hydrogen-bond donors (Lipinski definition) is 3. The minimum Gasteiger partial charge on any atom is -0.489 e. The third kappa shape index (κ3) is 6.08. The van der Waals surface area contributed by atoms with Gasteiger partial charge in [-0.1, -0.05) is 25.1 Å². The number of carbonyl (C=O) groups excluding carboxylic acids is 1. The summed E-state index contributed by atoms with van der Waals surface area (Å²) in [7, 11) is 0. The van der Waals surface area contributed by atoms with Crippen LogP contribution in [0.25, 0.3) is 0 Å². The second-order valence-electron chi connectivity index (χ2n) is 5.99. The average Bonchev–Trinajstić information content (AvgIpc) is 2.59. The summed E-state index contributed by atoms with van der Waals surface area (Å²) in [6, 6.07) is 12.7. The van der Waals surface area contributed by atoms with Crippen molar-refractivity contribution in [1.29, 1.82) is 0 Å². The number of carbonyl (C=O) groups is 1. The summed E-state index contributed by atoms with van der Waals surface area (Å²) in [5, 5.41) is 14.6. The molecular formula is C19H23FN2O3. The molecule has 25 heavy (non-hydrogen) atoms. The van der Waals surface area contributed by atoms with E-state index in [2.05, 4.69) is 10.6 Å². The van der Waals surface area contributed by atoms with E-state index in [-0.39, 0.29) is 37.0 Å². The molecule has 0 aliphatic rings. The Morgan fingerprint density at radius 1 is 1.20 bits per heavy atom. The number of benzene rings is 2. The van der Waals surface area contributed by atoms with Crippen LogP contribution in [0.1, 0.15) is 19.4 Å². The summed E-state index contributed by atoms with van der Waals surface area (Å²) in [5.74, 6) is 0.0653. The number of amides is 2. The second-order valence-corrected chi connectivity index (χ2v) is 5.99. The zero-order valence-corrected chi connectivity index (χ0v) is 14.3. The standard InChI is InChI=1S/C19H23FN2O3/c1-13(11-23)14(2)21-19(24)22-17-7-3-5-15(9-17)12-25-18-8-4-6-16(20)10-18/h3-10,13-14,23H,11-12H2,1-2H3,(H2,21,22,24). The SMILES string of the molecule is CC(CO)C(C)NC(=O)Nc1cccc(COc2cccc(F)c2)c1. The summed E-state index contributed by atoms with van der Waals surface area (Å²) in [5.41, 5.74) is 1.47. The molecule has 0 spiro atoms. The van der Waals surface area contributed by atoms with Crippen molar-refractivity contribution in [2.24, 2.45) is 5.92 Å². The van der Waals surface area contributed by atoms with Gasteiger partial charge in [0.05, 0.1) is 0 Å². The molecule has 0 aromatic heterocycles. The molecule has 0 aliphatic heterocycles. The van der Waals surface area contributed by atoms with Gasteiger partial charge in [0, 0.05) is 24.4 Å². The normalized spacial score (nSPS) is 13.0. The van der Waals surface area contributed by atoms with Crippen molar-refractivity contribution in [3.63, 3.8) is 0 Å². The van der Waals surface area contributed by atoms with Gasteiger partial charge < -0.3 is 20.5 Å². The maximum atomic E-state index is 13.1. The number of halogens is 1. The summed E-state index contributed by atoms with van der Waals surface area (Å²) in [6.45, 7) is 3.96. The van der Waals surface area contributed by atoms with E-state index in [1.807, 2.05) is 19.9 Å². The number of aliphatic hydroxyl groups is 1. The first-order valence-electron chi connectivity index (χ1n) is 8.13. The molecule has 0 heterocycles. The highest BCUT2D eigenvalue weighted by atomic mass is 19.1. The van der Waals surface area contributed by atoms with Gasteiger partial charge in [-0.2, -0.15) is 0 Å². The Morgan fingerprint density at radius 2 is 1.96 bits per heavy atom. The molecule has 0 bridgehead atoms. The third-order valence-electron chi connectivity index (χ3n) is 3.89. The molecule has 0 saturated carbocycles. The number of urea groups is 1. The monoisotopic (exact) mass is 346 g/mol. The lowest BCUT2D eigenvalue weighted by molar-refractivity contribution is 0.204. The van der Waals surface area contributed by atoms with E-state index in [0.717, 1.165) is 5.56 Å². The van der Waals surface area contributed by atoms with Crippen molar-refractivity contribution in [2.75, 3.05) is 11.9 Å². The Kier molecular flexibility index (Phi) is 6.77. The number of hydrogen-bond acceptors (Lipinski definition) is 3. The minimum atomic E-state index is -0.351. The molecule has 0 aliphatic carbocycles. The van der Waals surface area contributed by atoms with Crippen LogP contribution >= 0.6 is 0 Å². The average molecular weight is 346 g/mol. The maximum Gasteiger partial charge on any atom is 0.319 e. The molecule has 2 rings (SSSR count). The van der Waals surface area contributed by atoms with Gasteiger partial charge in [0.1, 0.15) is 18.2 Å². The van der Waals surface area contributed by atoms with E-state index < -0.39 is 0 Å². The minimum absolute atomic E-state index is 0.00828. The fraction of sp³-hybridized carbons (Fsp3) is 0.316. The van der Waals surface area contributed by atoms with Crippen LogP contribution in [0, 0.1) is 11.7 Å². The Labute approximate surface area is 146 Å². The molecule has 134 valence electrons. The molecule has 2 aromatic rings. The van der Waals surface area contributed by atoms with E-state index in [1.165, 1.54) is 12.1 Å². The van der Waals surface area contributed by atoms with E-state index >= 15 is 0 Å². The number of ether oxygens (including phenoxy) is 1. The van der Waals surface area contributed by atoms with Gasteiger partial charge in [0.2, 0.25) is 0 Å². The van der Waals surface area contributed by atoms with Crippen LogP contribution < -0.4 is 15.4 Å². The molecule has 6 heteroatoms. The molecule has 2 amide bonds. The molecule has 5 nitrogen and oxygen atoms in total. The van der Waals surface area contributed by atoms with Crippen LogP contribution in [-0.4, -0.2) is 23.8 Å². The highest BCUT2D eigenvalue weighted by molar-refractivity contribution is 5.89. The Balaban J connectivity index is 1.91. The van der Waals surface area contributed by atoms with Gasteiger partial charge in [0.25, 0.3) is 0 Å². The van der Waals surface area contributed by atoms with Crippen LogP contribution in [0.2, 0.25) is 0 Å². The first-order chi connectivity index (χ1) is 12.0. The smallest absolute Gasteiger partial charge is 0.319 e. The van der Waals surface area contributed by atoms with Gasteiger partial charge >= 0.3 is 6.03 Å². The summed E-state index contributed by atoms with van der Waals surface area (Å²) < 4.78 is 18.7. The maximum absolute atomic E-state index is 13.1. The highest BCUT2D eigenvalue weighted by Gasteiger charge is 2.13. The first-order valence-corrected chi connectivity index (χ1v) is 8.13. The molecule has 2 unspecified atom stereocenters. The van der Waals surface area contributed by atoms with Crippen LogP contribution in [0.15, 0.2) is 48.5 Å². The topological polar surface area (TPSA) is 70.6 Å². The van der Waals surface area contributed by atoms with E-state index in [1.54, 1.807) is 30.3 Å². The van der Waals surface area contributed by atoms with Crippen molar-refractivity contribution in [1.82, 2.24) is 5.32 Å². The van der Waals surface area contributed by atoms with Crippen LogP contribution in [0.5, 0.6) is 5.75 Å². The van der Waals surface area contributed by atoms with E-state index in [4.69, 9.17) is 9.84 Å². The molecule has 0 radical (unpaired) electrons. The van der Waals surface area contributed by atoms with Crippen LogP contribution in [0.4, 0.5) is 14.9 Å². The lowest BCUT2D eigenvalue weighted by atomic mass is 10.1. The molecule has 0 saturated heterocycles. The van der Waals surface area contributed by atoms with Gasteiger partial charge in [0.15, 0.2) is 0 Å². The summed E-state index contributed by atoms with van der Waals surface area (Å²) in [4.78, 5) is 12.0. The number of nitrogens with one attached hydrogen (secondary N) is 2. The summed E-state index contributed by atoms with van der Waals surface area (Å²) in [6.07, 6.45) is 0. The number of rotatable bonds is 7. The third-order valence-corrected chi connectivity index (χ3v) is 3.89. The Hall–Kier alpha value is -2.60. The molecule has 2 atom stereocenters. The Bertz CT molecular complexity index is 709. The quantitative estimate of drug-likeness (QED) is 0.718. The Morgan fingerprint density at radius 3 is 2.68 bits per heavy atom. The van der Waals surface area contributed by atoms with Crippen molar-refractivity contribution in [2.45, 2.75) is 26.5 Å². The highest BCUT2D eigenvalue weighted by Crippen LogP contribution is 2.16. The number of anilines is 1. The van der Waals surface area contributed by atoms with Crippen LogP contribution in [-0.2, 0) is 6.61 Å². The lowest BCUT2D eigenvalue weighted by Crippen LogP contribution is -2.40. The molecular weight excluding hydrogens is 323 g/mol. The largest absolute Gasteiger partial charge is 0.489 e. The zero-order valence-electron chi connectivity index (χ0n) is 14.3. The van der Waals surface area contributed by atoms with Crippen molar-refractivity contribution in [3.05, 3.63) is 59.9 Å². The molecule has 2 aromatic carbocycles. The van der Waals surface area contributed by atoms with Gasteiger partial charge in [-0.15, -0.1) is 0 Å². The zero-order chi connectivity index (χ0) is 18.2. The van der Waals surface area contributed by atoms with Crippen molar-refractivity contribution >= 4 is 11.7 Å². The summed E-state index contributed by atoms with van der Waals surface area (Å²) >= 11 is 0. The first kappa shape index (κ1) is 18.7. The van der Waals surface area contributed by atoms with Crippen molar-refractivity contribution < 1.29 is 19.0 Å². The van der Waals surface area contributed by atoms with Gasteiger partial charge in [-0.05, 0) is 42.7 Å². The predicted molar refractivity (Wildman–Crippen MR) is 95.0 cm³/mol. The molecule has 0 fully saturated rings. The van der Waals surface area contributed by atoms with Crippen LogP contribution in [0.3, 0.4) is 0 Å². The van der Waals surface area contributed by atoms with E-state index in [0.29, 0.717) is 11.4 Å². The fourth-order valence-corrected chi connectivity index (χ4v) is 2.14. The number of aliphatic hydroxyl groups excluding tert-OH is 1. The second kappa shape index (κ2) is 9.03. The van der Waals surface area contributed by atoms with Crippen molar-refractivity contribution in [3.8, 4) is 5.75 Å². The van der Waals surface area contributed by atoms with Gasteiger partial charge in [-0.25, -0.2) is 9.18 Å². The van der Waals surface area contributed by atoms with E-state index in [9.17, 15) is 9.18 Å². The predicted octanol–water partition coefficient (Wildman–Crippen LogP) is 3.54. The fourth-order valence-electron chi connectivity index (χ4n) is 2.14.